The highest BCUT2D eigenvalue weighted by Crippen LogP contribution is 2.36. The molecule has 1 N–H and O–H groups in total. The van der Waals surface area contributed by atoms with Crippen molar-refractivity contribution in [2.45, 2.75) is 26.7 Å². The minimum atomic E-state index is -0.141. The summed E-state index contributed by atoms with van der Waals surface area (Å²) in [6, 6.07) is 10.2. The fraction of sp³-hybridized carbons (Fsp3) is 0.263. The van der Waals surface area contributed by atoms with E-state index in [-0.39, 0.29) is 11.5 Å². The molecule has 1 aromatic carbocycles. The van der Waals surface area contributed by atoms with E-state index in [1.54, 1.807) is 0 Å². The van der Waals surface area contributed by atoms with Gasteiger partial charge in [-0.2, -0.15) is 0 Å². The van der Waals surface area contributed by atoms with Crippen LogP contribution >= 0.6 is 11.3 Å². The summed E-state index contributed by atoms with van der Waals surface area (Å²) in [7, 11) is 0. The highest BCUT2D eigenvalue weighted by Gasteiger charge is 2.21. The number of benzene rings is 1. The molecular weight excluding hydrogens is 320 g/mol. The first-order valence-electron chi connectivity index (χ1n) is 7.93. The van der Waals surface area contributed by atoms with Crippen molar-refractivity contribution >= 4 is 27.3 Å². The van der Waals surface area contributed by atoms with Gasteiger partial charge in [0.2, 0.25) is 0 Å². The molecule has 4 nitrogen and oxygen atoms in total. The normalized spacial score (nSPS) is 12.3. The van der Waals surface area contributed by atoms with Gasteiger partial charge in [-0.15, -0.1) is 11.3 Å². The lowest BCUT2D eigenvalue weighted by atomic mass is 9.92. The van der Waals surface area contributed by atoms with Crippen molar-refractivity contribution in [1.82, 2.24) is 9.97 Å². The number of nitrogens with zero attached hydrogens (tertiary/aromatic N) is 1. The number of fused-ring (bicyclic) bond motifs is 1. The van der Waals surface area contributed by atoms with Crippen LogP contribution in [0, 0.1) is 6.92 Å². The molecule has 0 bridgehead atoms. The summed E-state index contributed by atoms with van der Waals surface area (Å²) >= 11 is 1.54. The summed E-state index contributed by atoms with van der Waals surface area (Å²) in [4.78, 5) is 21.9. The van der Waals surface area contributed by atoms with Crippen LogP contribution in [0.4, 0.5) is 0 Å². The van der Waals surface area contributed by atoms with Crippen molar-refractivity contribution in [2.24, 2.45) is 0 Å². The predicted molar refractivity (Wildman–Crippen MR) is 99.6 cm³/mol. The number of H-pyrrole nitrogens is 1. The second kappa shape index (κ2) is 6.61. The number of thiophene rings is 1. The number of nitrogens with one attached hydrogen (secondary N) is 1. The molecule has 0 fully saturated rings. The van der Waals surface area contributed by atoms with Crippen LogP contribution in [0.15, 0.2) is 41.7 Å². The Kier molecular flexibility index (Phi) is 4.53. The molecule has 0 aliphatic carbocycles. The zero-order chi connectivity index (χ0) is 17.3. The molecule has 1 unspecified atom stereocenters. The summed E-state index contributed by atoms with van der Waals surface area (Å²) < 4.78 is 5.36. The second-order valence-corrected chi connectivity index (χ2v) is 6.86. The van der Waals surface area contributed by atoms with E-state index in [2.05, 4.69) is 35.6 Å². The predicted octanol–water partition coefficient (Wildman–Crippen LogP) is 4.45. The van der Waals surface area contributed by atoms with Gasteiger partial charge in [-0.3, -0.25) is 4.79 Å². The second-order valence-electron chi connectivity index (χ2n) is 5.66. The molecule has 0 saturated carbocycles. The molecule has 0 aliphatic rings. The quantitative estimate of drug-likeness (QED) is 0.698. The fourth-order valence-corrected chi connectivity index (χ4v) is 4.06. The summed E-state index contributed by atoms with van der Waals surface area (Å²) in [5, 5.41) is 0.668. The van der Waals surface area contributed by atoms with Crippen molar-refractivity contribution < 1.29 is 4.74 Å². The van der Waals surface area contributed by atoms with E-state index < -0.39 is 0 Å². The average Bonchev–Trinajstić information content (AvgIpc) is 2.91. The van der Waals surface area contributed by atoms with Crippen LogP contribution in [-0.2, 0) is 4.74 Å². The number of rotatable bonds is 5. The Hall–Kier alpha value is -2.40. The van der Waals surface area contributed by atoms with Crippen molar-refractivity contribution in [3.63, 3.8) is 0 Å². The molecule has 5 heteroatoms. The van der Waals surface area contributed by atoms with E-state index in [1.807, 2.05) is 32.0 Å². The van der Waals surface area contributed by atoms with E-state index in [0.29, 0.717) is 23.6 Å². The fourth-order valence-electron chi connectivity index (χ4n) is 2.94. The minimum Gasteiger partial charge on any atom is -0.491 e. The summed E-state index contributed by atoms with van der Waals surface area (Å²) in [6.07, 6.45) is 0. The largest absolute Gasteiger partial charge is 0.491 e. The third-order valence-corrected chi connectivity index (χ3v) is 5.11. The molecular formula is C19H20N2O2S. The molecule has 2 heterocycles. The van der Waals surface area contributed by atoms with Crippen molar-refractivity contribution in [3.05, 3.63) is 69.1 Å². The third kappa shape index (κ3) is 2.87. The Morgan fingerprint density at radius 3 is 2.75 bits per heavy atom. The van der Waals surface area contributed by atoms with Gasteiger partial charge in [0.25, 0.3) is 5.56 Å². The molecule has 0 radical (unpaired) electrons. The molecule has 0 amide bonds. The van der Waals surface area contributed by atoms with Gasteiger partial charge in [0.1, 0.15) is 4.83 Å². The first kappa shape index (κ1) is 16.5. The van der Waals surface area contributed by atoms with Gasteiger partial charge in [-0.1, -0.05) is 43.8 Å². The Balaban J connectivity index is 2.15. The molecule has 3 rings (SSSR count). The molecule has 3 aromatic rings. The highest BCUT2D eigenvalue weighted by atomic mass is 32.1. The number of aryl methyl sites for hydroxylation is 1. The molecule has 24 heavy (non-hydrogen) atoms. The summed E-state index contributed by atoms with van der Waals surface area (Å²) in [6.45, 7) is 10.3. The van der Waals surface area contributed by atoms with Gasteiger partial charge in [0, 0.05) is 10.8 Å². The number of aromatic nitrogens is 2. The molecule has 1 atom stereocenters. The standard InChI is InChI=1S/C19H20N2O2S/c1-5-23-12(3)17-20-18(22)16-15(13(4)24-19(16)21-17)11(2)14-9-7-6-8-10-14/h6-11H,3,5H2,1-2,4H3,(H,20,21,22). The first-order valence-corrected chi connectivity index (χ1v) is 8.74. The van der Waals surface area contributed by atoms with E-state index in [1.165, 1.54) is 16.9 Å². The molecule has 0 spiro atoms. The number of ether oxygens (including phenoxy) is 1. The topological polar surface area (TPSA) is 55.0 Å². The Labute approximate surface area is 144 Å². The maximum Gasteiger partial charge on any atom is 0.260 e. The lowest BCUT2D eigenvalue weighted by molar-refractivity contribution is 0.296. The van der Waals surface area contributed by atoms with Crippen LogP contribution < -0.4 is 5.56 Å². The van der Waals surface area contributed by atoms with Crippen LogP contribution in [0.3, 0.4) is 0 Å². The third-order valence-electron chi connectivity index (χ3n) is 4.10. The van der Waals surface area contributed by atoms with Crippen LogP contribution in [0.25, 0.3) is 16.0 Å². The van der Waals surface area contributed by atoms with Crippen LogP contribution in [0.2, 0.25) is 0 Å². The zero-order valence-electron chi connectivity index (χ0n) is 14.1. The van der Waals surface area contributed by atoms with E-state index >= 15 is 0 Å². The van der Waals surface area contributed by atoms with Crippen LogP contribution in [0.1, 0.15) is 41.6 Å². The highest BCUT2D eigenvalue weighted by molar-refractivity contribution is 7.18. The van der Waals surface area contributed by atoms with Gasteiger partial charge in [0.05, 0.1) is 12.0 Å². The number of aromatic amines is 1. The van der Waals surface area contributed by atoms with Crippen LogP contribution in [0.5, 0.6) is 0 Å². The lowest BCUT2D eigenvalue weighted by Gasteiger charge is -2.12. The van der Waals surface area contributed by atoms with E-state index in [4.69, 9.17) is 4.74 Å². The average molecular weight is 340 g/mol. The summed E-state index contributed by atoms with van der Waals surface area (Å²) in [5.74, 6) is 0.915. The molecule has 0 saturated heterocycles. The first-order chi connectivity index (χ1) is 11.5. The molecule has 0 aliphatic heterocycles. The molecule has 124 valence electrons. The van der Waals surface area contributed by atoms with Gasteiger partial charge in [-0.25, -0.2) is 4.98 Å². The molecule has 2 aromatic heterocycles. The van der Waals surface area contributed by atoms with Gasteiger partial charge in [0.15, 0.2) is 11.6 Å². The van der Waals surface area contributed by atoms with Crippen LogP contribution in [-0.4, -0.2) is 16.6 Å². The Bertz CT molecular complexity index is 941. The van der Waals surface area contributed by atoms with Gasteiger partial charge in [-0.05, 0) is 25.0 Å². The zero-order valence-corrected chi connectivity index (χ0v) is 14.9. The summed E-state index contributed by atoms with van der Waals surface area (Å²) in [5.41, 5.74) is 2.09. The Morgan fingerprint density at radius 2 is 2.08 bits per heavy atom. The monoisotopic (exact) mass is 340 g/mol. The van der Waals surface area contributed by atoms with Crippen molar-refractivity contribution in [1.29, 1.82) is 0 Å². The van der Waals surface area contributed by atoms with E-state index in [0.717, 1.165) is 15.3 Å². The van der Waals surface area contributed by atoms with Crippen molar-refractivity contribution in [2.75, 3.05) is 6.61 Å². The smallest absolute Gasteiger partial charge is 0.260 e. The van der Waals surface area contributed by atoms with Crippen molar-refractivity contribution in [3.8, 4) is 0 Å². The van der Waals surface area contributed by atoms with Gasteiger partial charge >= 0.3 is 0 Å². The maximum atomic E-state index is 12.7. The minimum absolute atomic E-state index is 0.129. The van der Waals surface area contributed by atoms with E-state index in [9.17, 15) is 4.79 Å². The lowest BCUT2D eigenvalue weighted by Crippen LogP contribution is -2.13. The van der Waals surface area contributed by atoms with Gasteiger partial charge < -0.3 is 9.72 Å². The SMILES string of the molecule is C=C(OCC)c1nc2sc(C)c(C(C)c3ccccc3)c2c(=O)[nH]1. The Morgan fingerprint density at radius 1 is 1.38 bits per heavy atom. The number of hydrogen-bond donors (Lipinski definition) is 1. The maximum absolute atomic E-state index is 12.7. The number of hydrogen-bond acceptors (Lipinski definition) is 4.